The number of nitriles is 1. The molecule has 0 aliphatic carbocycles. The van der Waals surface area contributed by atoms with E-state index in [0.29, 0.717) is 0 Å². The molecule has 0 atom stereocenters. The maximum absolute atomic E-state index is 13.5. The van der Waals surface area contributed by atoms with Crippen LogP contribution < -0.4 is 5.32 Å². The Morgan fingerprint density at radius 1 is 1.44 bits per heavy atom. The van der Waals surface area contributed by atoms with Gasteiger partial charge in [-0.2, -0.15) is 5.26 Å². The third-order valence-corrected chi connectivity index (χ3v) is 2.52. The van der Waals surface area contributed by atoms with Crippen molar-refractivity contribution in [3.8, 4) is 6.07 Å². The molecule has 2 N–H and O–H groups in total. The van der Waals surface area contributed by atoms with Crippen molar-refractivity contribution >= 4 is 33.5 Å². The van der Waals surface area contributed by atoms with Gasteiger partial charge in [0.2, 0.25) is 5.91 Å². The van der Waals surface area contributed by atoms with Gasteiger partial charge in [-0.15, -0.1) is 0 Å². The Bertz CT molecular complexity index is 569. The van der Waals surface area contributed by atoms with E-state index in [2.05, 4.69) is 15.9 Å². The minimum Gasteiger partial charge on any atom is -0.478 e. The van der Waals surface area contributed by atoms with Crippen LogP contribution in [-0.2, 0) is 4.79 Å². The minimum absolute atomic E-state index is 0.134. The van der Waals surface area contributed by atoms with Crippen molar-refractivity contribution < 1.29 is 23.5 Å². The summed E-state index contributed by atoms with van der Waals surface area (Å²) in [5, 5.41) is 18.8. The van der Waals surface area contributed by atoms with Crippen LogP contribution in [0.25, 0.3) is 0 Å². The zero-order valence-electron chi connectivity index (χ0n) is 8.63. The van der Waals surface area contributed by atoms with Crippen LogP contribution in [0.1, 0.15) is 16.8 Å². The second-order valence-electron chi connectivity index (χ2n) is 3.10. The van der Waals surface area contributed by atoms with Gasteiger partial charge in [-0.3, -0.25) is 4.79 Å². The summed E-state index contributed by atoms with van der Waals surface area (Å²) in [6.07, 6.45) is -0.534. The van der Waals surface area contributed by atoms with Crippen LogP contribution in [0.2, 0.25) is 0 Å². The molecule has 0 unspecified atom stereocenters. The van der Waals surface area contributed by atoms with Crippen LogP contribution in [0.5, 0.6) is 0 Å². The average Bonchev–Trinajstić information content (AvgIpc) is 2.29. The fourth-order valence-corrected chi connectivity index (χ4v) is 1.62. The summed E-state index contributed by atoms with van der Waals surface area (Å²) in [6, 6.07) is 2.36. The van der Waals surface area contributed by atoms with Crippen LogP contribution in [0.4, 0.5) is 14.5 Å². The minimum atomic E-state index is -1.64. The normalized spacial score (nSPS) is 9.67. The van der Waals surface area contributed by atoms with Gasteiger partial charge in [-0.1, -0.05) is 0 Å². The highest BCUT2D eigenvalue weighted by Gasteiger charge is 2.22. The third-order valence-electron chi connectivity index (χ3n) is 1.89. The number of benzene rings is 1. The fraction of sp³-hybridized carbons (Fsp3) is 0.100. The molecule has 1 aromatic carbocycles. The molecule has 0 aliphatic rings. The number of hydrogen-bond donors (Lipinski definition) is 2. The van der Waals surface area contributed by atoms with E-state index in [9.17, 15) is 18.4 Å². The van der Waals surface area contributed by atoms with Crippen LogP contribution >= 0.6 is 15.9 Å². The molecule has 0 saturated heterocycles. The Hall–Kier alpha value is -2.01. The Morgan fingerprint density at radius 2 is 2.06 bits per heavy atom. The third kappa shape index (κ3) is 2.81. The van der Waals surface area contributed by atoms with Crippen LogP contribution in [0.15, 0.2) is 10.5 Å². The molecule has 0 heterocycles. The maximum Gasteiger partial charge on any atom is 0.338 e. The number of carboxylic acids is 1. The standard InChI is InChI=1S/C10H5BrF2N2O3/c11-5-3-4(10(17)18)7(12)8(13)9(5)15-6(16)1-2-14/h3H,1H2,(H,15,16)(H,17,18). The van der Waals surface area contributed by atoms with Crippen LogP contribution in [0.3, 0.4) is 0 Å². The molecule has 0 fully saturated rings. The Labute approximate surface area is 108 Å². The molecular formula is C10H5BrF2N2O3. The van der Waals surface area contributed by atoms with E-state index in [-0.39, 0.29) is 4.47 Å². The number of aromatic carboxylic acids is 1. The average molecular weight is 319 g/mol. The van der Waals surface area contributed by atoms with E-state index in [1.807, 2.05) is 5.32 Å². The summed E-state index contributed by atoms with van der Waals surface area (Å²) < 4.78 is 26.7. The molecule has 1 amide bonds. The predicted octanol–water partition coefficient (Wildman–Crippen LogP) is 2.28. The van der Waals surface area contributed by atoms with Crippen molar-refractivity contribution in [2.24, 2.45) is 0 Å². The molecule has 1 rings (SSSR count). The first kappa shape index (κ1) is 14.1. The Morgan fingerprint density at radius 3 is 2.56 bits per heavy atom. The lowest BCUT2D eigenvalue weighted by Gasteiger charge is -2.09. The van der Waals surface area contributed by atoms with Gasteiger partial charge in [0.1, 0.15) is 6.42 Å². The second kappa shape index (κ2) is 5.55. The quantitative estimate of drug-likeness (QED) is 0.836. The molecule has 0 aliphatic heterocycles. The van der Waals surface area contributed by atoms with Crippen molar-refractivity contribution in [1.29, 1.82) is 5.26 Å². The smallest absolute Gasteiger partial charge is 0.338 e. The summed E-state index contributed by atoms with van der Waals surface area (Å²) in [4.78, 5) is 21.7. The number of halogens is 3. The number of carboxylic acid groups (broad SMARTS) is 1. The summed E-state index contributed by atoms with van der Waals surface area (Å²) in [7, 11) is 0. The molecule has 18 heavy (non-hydrogen) atoms. The lowest BCUT2D eigenvalue weighted by atomic mass is 10.1. The maximum atomic E-state index is 13.5. The Balaban J connectivity index is 3.24. The highest BCUT2D eigenvalue weighted by Crippen LogP contribution is 2.30. The van der Waals surface area contributed by atoms with Crippen molar-refractivity contribution in [2.75, 3.05) is 5.32 Å². The van der Waals surface area contributed by atoms with E-state index in [1.165, 1.54) is 6.07 Å². The van der Waals surface area contributed by atoms with E-state index >= 15 is 0 Å². The molecule has 0 radical (unpaired) electrons. The van der Waals surface area contributed by atoms with Gasteiger partial charge >= 0.3 is 5.97 Å². The van der Waals surface area contributed by atoms with Gasteiger partial charge in [0.15, 0.2) is 11.6 Å². The number of carbonyl (C=O) groups excluding carboxylic acids is 1. The second-order valence-corrected chi connectivity index (χ2v) is 3.95. The number of rotatable bonds is 3. The van der Waals surface area contributed by atoms with Gasteiger partial charge in [-0.25, -0.2) is 13.6 Å². The largest absolute Gasteiger partial charge is 0.478 e. The number of nitrogens with zero attached hydrogens (tertiary/aromatic N) is 1. The molecule has 0 aromatic heterocycles. The predicted molar refractivity (Wildman–Crippen MR) is 59.9 cm³/mol. The van der Waals surface area contributed by atoms with Crippen molar-refractivity contribution in [1.82, 2.24) is 0 Å². The van der Waals surface area contributed by atoms with Crippen LogP contribution in [0, 0.1) is 23.0 Å². The first-order chi connectivity index (χ1) is 8.38. The molecular weight excluding hydrogens is 314 g/mol. The lowest BCUT2D eigenvalue weighted by molar-refractivity contribution is -0.115. The molecule has 8 heteroatoms. The van der Waals surface area contributed by atoms with Gasteiger partial charge in [0.25, 0.3) is 0 Å². The first-order valence-corrected chi connectivity index (χ1v) is 5.25. The summed E-state index contributed by atoms with van der Waals surface area (Å²) >= 11 is 2.81. The SMILES string of the molecule is N#CCC(=O)Nc1c(Br)cc(C(=O)O)c(F)c1F. The lowest BCUT2D eigenvalue weighted by Crippen LogP contribution is -2.14. The summed E-state index contributed by atoms with van der Waals surface area (Å²) in [6.45, 7) is 0. The van der Waals surface area contributed by atoms with E-state index in [0.717, 1.165) is 6.07 Å². The van der Waals surface area contributed by atoms with Crippen LogP contribution in [-0.4, -0.2) is 17.0 Å². The first-order valence-electron chi connectivity index (χ1n) is 4.46. The van der Waals surface area contributed by atoms with E-state index in [4.69, 9.17) is 10.4 Å². The van der Waals surface area contributed by atoms with E-state index < -0.39 is 41.2 Å². The highest BCUT2D eigenvalue weighted by molar-refractivity contribution is 9.10. The number of anilines is 1. The van der Waals surface area contributed by atoms with Crippen molar-refractivity contribution in [2.45, 2.75) is 6.42 Å². The fourth-order valence-electron chi connectivity index (χ4n) is 1.12. The van der Waals surface area contributed by atoms with E-state index in [1.54, 1.807) is 0 Å². The molecule has 1 aromatic rings. The van der Waals surface area contributed by atoms with Gasteiger partial charge in [0, 0.05) is 4.47 Å². The Kier molecular flexibility index (Phi) is 4.33. The zero-order chi connectivity index (χ0) is 13.9. The number of nitrogens with one attached hydrogen (secondary N) is 1. The molecule has 94 valence electrons. The molecule has 0 bridgehead atoms. The number of amides is 1. The molecule has 0 saturated carbocycles. The van der Waals surface area contributed by atoms with Crippen molar-refractivity contribution in [3.05, 3.63) is 27.7 Å². The molecule has 5 nitrogen and oxygen atoms in total. The van der Waals surface area contributed by atoms with Gasteiger partial charge in [-0.05, 0) is 22.0 Å². The zero-order valence-corrected chi connectivity index (χ0v) is 10.2. The molecule has 0 spiro atoms. The summed E-state index contributed by atoms with van der Waals surface area (Å²) in [5.41, 5.74) is -1.41. The number of hydrogen-bond acceptors (Lipinski definition) is 3. The highest BCUT2D eigenvalue weighted by atomic mass is 79.9. The monoisotopic (exact) mass is 318 g/mol. The number of carbonyl (C=O) groups is 2. The van der Waals surface area contributed by atoms with Gasteiger partial charge in [0.05, 0.1) is 17.3 Å². The summed E-state index contributed by atoms with van der Waals surface area (Å²) in [5.74, 6) is -5.56. The topological polar surface area (TPSA) is 90.2 Å². The van der Waals surface area contributed by atoms with Gasteiger partial charge < -0.3 is 10.4 Å². The van der Waals surface area contributed by atoms with Crippen molar-refractivity contribution in [3.63, 3.8) is 0 Å².